The fourth-order valence-corrected chi connectivity index (χ4v) is 5.02. The second kappa shape index (κ2) is 9.81. The Morgan fingerprint density at radius 1 is 1.16 bits per heavy atom. The van der Waals surface area contributed by atoms with Gasteiger partial charge >= 0.3 is 0 Å². The van der Waals surface area contributed by atoms with Crippen LogP contribution in [0, 0.1) is 6.92 Å². The number of hydrogen-bond donors (Lipinski definition) is 1. The smallest absolute Gasteiger partial charge is 0.274 e. The Morgan fingerprint density at radius 2 is 1.81 bits per heavy atom. The van der Waals surface area contributed by atoms with Crippen molar-refractivity contribution in [1.29, 1.82) is 0 Å². The molecule has 3 rings (SSSR count). The van der Waals surface area contributed by atoms with Gasteiger partial charge in [0.2, 0.25) is 10.0 Å². The number of nitrogens with one attached hydrogen (secondary N) is 1. The van der Waals surface area contributed by atoms with Gasteiger partial charge in [0, 0.05) is 18.1 Å². The highest BCUT2D eigenvalue weighted by molar-refractivity contribution is 7.89. The molecular weight excluding hydrogens is 450 g/mol. The van der Waals surface area contributed by atoms with Gasteiger partial charge < -0.3 is 5.32 Å². The number of carbonyl (C=O) groups excluding carboxylic acids is 1. The molecule has 0 radical (unpaired) electrons. The number of sulfonamides is 1. The van der Waals surface area contributed by atoms with Crippen LogP contribution in [-0.2, 0) is 10.0 Å². The van der Waals surface area contributed by atoms with Crippen molar-refractivity contribution >= 4 is 27.5 Å². The third-order valence-electron chi connectivity index (χ3n) is 5.23. The standard InChI is InChI=1S/C22H26ClN5O3S/c1-5-27(6-2)32(30,31)20-12-10-17(11-13-20)15(3)24-22(29)21-16(4)28(26-25-21)19-9-7-8-18(23)14-19/h7-15H,5-6H2,1-4H3,(H,24,29). The summed E-state index contributed by atoms with van der Waals surface area (Å²) in [5.74, 6) is -0.372. The maximum Gasteiger partial charge on any atom is 0.274 e. The van der Waals surface area contributed by atoms with Crippen molar-refractivity contribution in [3.05, 3.63) is 70.5 Å². The third-order valence-corrected chi connectivity index (χ3v) is 7.53. The topological polar surface area (TPSA) is 97.2 Å². The second-order valence-electron chi connectivity index (χ2n) is 7.27. The SMILES string of the molecule is CCN(CC)S(=O)(=O)c1ccc(C(C)NC(=O)c2nnn(-c3cccc(Cl)c3)c2C)cc1. The Hall–Kier alpha value is -2.75. The number of halogens is 1. The van der Waals surface area contributed by atoms with Gasteiger partial charge in [-0.1, -0.05) is 48.9 Å². The van der Waals surface area contributed by atoms with Crippen molar-refractivity contribution in [1.82, 2.24) is 24.6 Å². The van der Waals surface area contributed by atoms with Gasteiger partial charge in [-0.05, 0) is 49.7 Å². The molecule has 1 amide bonds. The largest absolute Gasteiger partial charge is 0.344 e. The third kappa shape index (κ3) is 4.85. The molecule has 2 aromatic carbocycles. The molecule has 0 saturated carbocycles. The molecule has 1 unspecified atom stereocenters. The summed E-state index contributed by atoms with van der Waals surface area (Å²) in [6.45, 7) is 8.00. The first-order valence-electron chi connectivity index (χ1n) is 10.3. The Kier molecular flexibility index (Phi) is 7.33. The molecule has 0 fully saturated rings. The van der Waals surface area contributed by atoms with Crippen molar-refractivity contribution < 1.29 is 13.2 Å². The van der Waals surface area contributed by atoms with Crippen molar-refractivity contribution in [3.63, 3.8) is 0 Å². The fourth-order valence-electron chi connectivity index (χ4n) is 3.38. The zero-order valence-electron chi connectivity index (χ0n) is 18.4. The van der Waals surface area contributed by atoms with E-state index in [2.05, 4.69) is 15.6 Å². The van der Waals surface area contributed by atoms with Crippen LogP contribution in [0.2, 0.25) is 5.02 Å². The van der Waals surface area contributed by atoms with Gasteiger partial charge in [-0.15, -0.1) is 5.10 Å². The molecule has 8 nitrogen and oxygen atoms in total. The number of rotatable bonds is 8. The predicted octanol–water partition coefficient (Wildman–Crippen LogP) is 3.75. The van der Waals surface area contributed by atoms with E-state index in [1.807, 2.05) is 13.0 Å². The fraction of sp³-hybridized carbons (Fsp3) is 0.318. The molecule has 0 saturated heterocycles. The van der Waals surface area contributed by atoms with Crippen molar-refractivity contribution in [2.75, 3.05) is 13.1 Å². The van der Waals surface area contributed by atoms with Crippen LogP contribution in [0.5, 0.6) is 0 Å². The lowest BCUT2D eigenvalue weighted by atomic mass is 10.1. The number of amides is 1. The molecule has 32 heavy (non-hydrogen) atoms. The summed E-state index contributed by atoms with van der Waals surface area (Å²) in [6.07, 6.45) is 0. The molecule has 1 N–H and O–H groups in total. The van der Waals surface area contributed by atoms with Crippen LogP contribution in [0.25, 0.3) is 5.69 Å². The van der Waals surface area contributed by atoms with E-state index < -0.39 is 10.0 Å². The predicted molar refractivity (Wildman–Crippen MR) is 124 cm³/mol. The van der Waals surface area contributed by atoms with Gasteiger partial charge in [0.05, 0.1) is 22.3 Å². The van der Waals surface area contributed by atoms with Crippen molar-refractivity contribution in [2.45, 2.75) is 38.6 Å². The van der Waals surface area contributed by atoms with E-state index in [0.29, 0.717) is 29.5 Å². The molecule has 0 bridgehead atoms. The summed E-state index contributed by atoms with van der Waals surface area (Å²) in [6, 6.07) is 13.3. The monoisotopic (exact) mass is 475 g/mol. The van der Waals surface area contributed by atoms with Gasteiger partial charge in [-0.2, -0.15) is 4.31 Å². The lowest BCUT2D eigenvalue weighted by Crippen LogP contribution is -2.30. The van der Waals surface area contributed by atoms with Crippen LogP contribution in [0.1, 0.15) is 48.6 Å². The Morgan fingerprint density at radius 3 is 2.41 bits per heavy atom. The molecule has 0 aliphatic carbocycles. The Balaban J connectivity index is 1.75. The van der Waals surface area contributed by atoms with Gasteiger partial charge in [-0.3, -0.25) is 4.79 Å². The molecule has 0 aliphatic rings. The Labute approximate surface area is 193 Å². The van der Waals surface area contributed by atoms with Gasteiger partial charge in [0.1, 0.15) is 0 Å². The summed E-state index contributed by atoms with van der Waals surface area (Å²) >= 11 is 6.04. The van der Waals surface area contributed by atoms with E-state index >= 15 is 0 Å². The first-order valence-corrected chi connectivity index (χ1v) is 12.1. The molecule has 1 atom stereocenters. The number of hydrogen-bond acceptors (Lipinski definition) is 5. The first-order chi connectivity index (χ1) is 15.2. The minimum atomic E-state index is -3.53. The summed E-state index contributed by atoms with van der Waals surface area (Å²) in [5.41, 5.74) is 2.27. The summed E-state index contributed by atoms with van der Waals surface area (Å²) in [4.78, 5) is 13.0. The average Bonchev–Trinajstić information content (AvgIpc) is 3.16. The highest BCUT2D eigenvalue weighted by Gasteiger charge is 2.23. The summed E-state index contributed by atoms with van der Waals surface area (Å²) in [5, 5.41) is 11.6. The molecule has 170 valence electrons. The number of benzene rings is 2. The second-order valence-corrected chi connectivity index (χ2v) is 9.64. The molecule has 0 spiro atoms. The van der Waals surface area contributed by atoms with Crippen LogP contribution in [-0.4, -0.2) is 46.7 Å². The molecule has 0 aliphatic heterocycles. The maximum absolute atomic E-state index is 12.8. The van der Waals surface area contributed by atoms with Crippen molar-refractivity contribution in [3.8, 4) is 5.69 Å². The zero-order valence-corrected chi connectivity index (χ0v) is 20.0. The van der Waals surface area contributed by atoms with Crippen molar-refractivity contribution in [2.24, 2.45) is 0 Å². The average molecular weight is 476 g/mol. The van der Waals surface area contributed by atoms with E-state index in [1.54, 1.807) is 67.9 Å². The van der Waals surface area contributed by atoms with E-state index in [9.17, 15) is 13.2 Å². The van der Waals surface area contributed by atoms with E-state index in [0.717, 1.165) is 5.56 Å². The van der Waals surface area contributed by atoms with Gasteiger partial charge in [-0.25, -0.2) is 13.1 Å². The van der Waals surface area contributed by atoms with Crippen LogP contribution in [0.15, 0.2) is 53.4 Å². The maximum atomic E-state index is 12.8. The lowest BCUT2D eigenvalue weighted by molar-refractivity contribution is 0.0934. The number of aromatic nitrogens is 3. The number of nitrogens with zero attached hydrogens (tertiary/aromatic N) is 4. The molecule has 1 aromatic heterocycles. The molecular formula is C22H26ClN5O3S. The lowest BCUT2D eigenvalue weighted by Gasteiger charge is -2.19. The summed E-state index contributed by atoms with van der Waals surface area (Å²) in [7, 11) is -3.53. The minimum Gasteiger partial charge on any atom is -0.344 e. The van der Waals surface area contributed by atoms with E-state index in [1.165, 1.54) is 4.31 Å². The van der Waals surface area contributed by atoms with Gasteiger partial charge in [0.15, 0.2) is 5.69 Å². The molecule has 3 aromatic rings. The van der Waals surface area contributed by atoms with E-state index in [4.69, 9.17) is 11.6 Å². The van der Waals surface area contributed by atoms with Crippen LogP contribution >= 0.6 is 11.6 Å². The Bertz CT molecular complexity index is 1200. The minimum absolute atomic E-state index is 0.206. The summed E-state index contributed by atoms with van der Waals surface area (Å²) < 4.78 is 28.2. The zero-order chi connectivity index (χ0) is 23.5. The quantitative estimate of drug-likeness (QED) is 0.535. The highest BCUT2D eigenvalue weighted by atomic mass is 35.5. The molecule has 1 heterocycles. The molecule has 10 heteroatoms. The van der Waals surface area contributed by atoms with Gasteiger partial charge in [0.25, 0.3) is 5.91 Å². The highest BCUT2D eigenvalue weighted by Crippen LogP contribution is 2.21. The number of carbonyl (C=O) groups is 1. The van der Waals surface area contributed by atoms with Crippen LogP contribution < -0.4 is 5.32 Å². The normalized spacial score (nSPS) is 12.7. The van der Waals surface area contributed by atoms with Crippen LogP contribution in [0.3, 0.4) is 0 Å². The first kappa shape index (κ1) is 23.9. The van der Waals surface area contributed by atoms with Crippen LogP contribution in [0.4, 0.5) is 0 Å². The van der Waals surface area contributed by atoms with E-state index in [-0.39, 0.29) is 22.5 Å².